The van der Waals surface area contributed by atoms with Crippen LogP contribution in [0, 0.1) is 51.2 Å². The number of carbonyl (C=O) groups excluding carboxylic acids is 3. The molecular weight excluding hydrogens is 608 g/mol. The van der Waals surface area contributed by atoms with Gasteiger partial charge in [-0.3, -0.25) is 19.2 Å². The van der Waals surface area contributed by atoms with Crippen molar-refractivity contribution in [3.8, 4) is 0 Å². The van der Waals surface area contributed by atoms with Crippen LogP contribution in [-0.2, 0) is 19.2 Å². The lowest BCUT2D eigenvalue weighted by Crippen LogP contribution is -2.69. The lowest BCUT2D eigenvalue weighted by molar-refractivity contribution is -0.161. The van der Waals surface area contributed by atoms with Crippen LogP contribution in [0.15, 0.2) is 59.7 Å². The molecule has 0 amide bonds. The van der Waals surface area contributed by atoms with Gasteiger partial charge in [0.2, 0.25) is 0 Å². The van der Waals surface area contributed by atoms with Gasteiger partial charge in [0, 0.05) is 40.6 Å². The smallest absolute Gasteiger partial charge is 0.313 e. The van der Waals surface area contributed by atoms with Crippen LogP contribution in [0.1, 0.15) is 86.1 Å². The van der Waals surface area contributed by atoms with Crippen molar-refractivity contribution < 1.29 is 39.6 Å². The Morgan fingerprint density at radius 2 is 1.65 bits per heavy atom. The van der Waals surface area contributed by atoms with Crippen molar-refractivity contribution in [2.45, 2.75) is 97.9 Å². The third-order valence-corrected chi connectivity index (χ3v) is 14.1. The first kappa shape index (κ1) is 34.7. The van der Waals surface area contributed by atoms with Crippen molar-refractivity contribution in [3.05, 3.63) is 65.3 Å². The molecule has 11 atom stereocenters. The summed E-state index contributed by atoms with van der Waals surface area (Å²) in [5, 5.41) is 46.2. The number of carboxylic acid groups (broad SMARTS) is 1. The third-order valence-electron chi connectivity index (χ3n) is 14.1. The zero-order valence-corrected chi connectivity index (χ0v) is 29.1. The Morgan fingerprint density at radius 3 is 2.27 bits per heavy atom. The average Bonchev–Trinajstić information content (AvgIpc) is 3.20. The van der Waals surface area contributed by atoms with Crippen molar-refractivity contribution in [2.24, 2.45) is 51.2 Å². The lowest BCUT2D eigenvalue weighted by Gasteiger charge is -2.68. The van der Waals surface area contributed by atoms with Gasteiger partial charge >= 0.3 is 5.97 Å². The second-order valence-electron chi connectivity index (χ2n) is 16.8. The Morgan fingerprint density at radius 1 is 1.00 bits per heavy atom. The molecule has 0 heterocycles. The van der Waals surface area contributed by atoms with E-state index in [0.717, 1.165) is 5.56 Å². The Labute approximate surface area is 283 Å². The van der Waals surface area contributed by atoms with Gasteiger partial charge in [0.25, 0.3) is 0 Å². The van der Waals surface area contributed by atoms with Crippen LogP contribution in [0.25, 0.3) is 6.08 Å². The predicted octanol–water partition coefficient (Wildman–Crippen LogP) is 5.35. The van der Waals surface area contributed by atoms with Crippen LogP contribution in [0.5, 0.6) is 0 Å². The SMILES string of the molecule is CC(C(=O)O)C(=O)C(O)CC(C)C1CC2(O)C=CC3(O)C4=C(C(=O)CC1(C)C42C)C1(C)CCC(=O)C(C)(C)C1C3C=Cc1ccccc1. The summed E-state index contributed by atoms with van der Waals surface area (Å²) in [6.45, 7) is 13.0. The van der Waals surface area contributed by atoms with Gasteiger partial charge in [-0.05, 0) is 66.6 Å². The highest BCUT2D eigenvalue weighted by atomic mass is 16.4. The molecule has 0 radical (unpaired) electrons. The number of hydrogen-bond acceptors (Lipinski definition) is 7. The first-order valence-electron chi connectivity index (χ1n) is 17.4. The molecule has 0 saturated heterocycles. The van der Waals surface area contributed by atoms with E-state index in [1.54, 1.807) is 12.2 Å². The van der Waals surface area contributed by atoms with E-state index >= 15 is 0 Å². The molecule has 48 heavy (non-hydrogen) atoms. The number of carboxylic acids is 1. The predicted molar refractivity (Wildman–Crippen MR) is 180 cm³/mol. The largest absolute Gasteiger partial charge is 0.481 e. The van der Waals surface area contributed by atoms with Gasteiger partial charge in [-0.2, -0.15) is 0 Å². The summed E-state index contributed by atoms with van der Waals surface area (Å²) in [5.74, 6) is -5.16. The highest BCUT2D eigenvalue weighted by molar-refractivity contribution is 6.02. The fourth-order valence-electron chi connectivity index (χ4n) is 11.4. The molecule has 11 unspecified atom stereocenters. The van der Waals surface area contributed by atoms with Gasteiger partial charge in [-0.15, -0.1) is 0 Å². The number of hydrogen-bond donors (Lipinski definition) is 4. The van der Waals surface area contributed by atoms with Crippen LogP contribution in [0.3, 0.4) is 0 Å². The molecule has 5 aliphatic carbocycles. The van der Waals surface area contributed by atoms with Crippen molar-refractivity contribution in [2.75, 3.05) is 0 Å². The van der Waals surface area contributed by atoms with E-state index in [2.05, 4.69) is 6.92 Å². The zero-order chi connectivity index (χ0) is 35.4. The first-order valence-corrected chi connectivity index (χ1v) is 17.4. The third kappa shape index (κ3) is 4.37. The lowest BCUT2D eigenvalue weighted by atomic mass is 9.36. The molecule has 1 aromatic rings. The Kier molecular flexibility index (Phi) is 7.87. The van der Waals surface area contributed by atoms with Crippen LogP contribution in [0.2, 0.25) is 0 Å². The number of allylic oxidation sites excluding steroid dienone is 1. The molecule has 2 fully saturated rings. The van der Waals surface area contributed by atoms with E-state index in [4.69, 9.17) is 0 Å². The minimum atomic E-state index is -1.68. The molecule has 1 aromatic carbocycles. The summed E-state index contributed by atoms with van der Waals surface area (Å²) in [5.41, 5.74) is -4.69. The zero-order valence-electron chi connectivity index (χ0n) is 29.1. The van der Waals surface area contributed by atoms with Gasteiger partial charge in [-0.25, -0.2) is 0 Å². The standard InChI is InChI=1S/C40H50O8/c1-22(19-27(41)31(44)23(2)34(45)46)26-20-39(47)17-18-40(48)25(14-13-24-11-9-8-10-12-24)32-35(3,4)29(43)15-16-36(32,5)30-28(42)21-37(26,6)38(39,7)33(30)40/h8-14,17-18,22-23,25-27,32,41,47-48H,15-16,19-21H2,1-7H3,(H,45,46). The van der Waals surface area contributed by atoms with Crippen LogP contribution < -0.4 is 0 Å². The maximum atomic E-state index is 14.8. The summed E-state index contributed by atoms with van der Waals surface area (Å²) in [6, 6.07) is 9.76. The minimum Gasteiger partial charge on any atom is -0.481 e. The van der Waals surface area contributed by atoms with Gasteiger partial charge in [0.05, 0.1) is 5.60 Å². The van der Waals surface area contributed by atoms with Gasteiger partial charge in [-0.1, -0.05) is 90.1 Å². The van der Waals surface area contributed by atoms with Crippen molar-refractivity contribution >= 4 is 29.4 Å². The Balaban J connectivity index is 1.53. The molecule has 4 N–H and O–H groups in total. The fraction of sp³-hybridized carbons (Fsp3) is 0.600. The number of aliphatic hydroxyl groups is 3. The number of benzene rings is 1. The molecule has 2 saturated carbocycles. The maximum Gasteiger partial charge on any atom is 0.313 e. The fourth-order valence-corrected chi connectivity index (χ4v) is 11.4. The topological polar surface area (TPSA) is 149 Å². The molecule has 8 nitrogen and oxygen atoms in total. The van der Waals surface area contributed by atoms with Gasteiger partial charge < -0.3 is 20.4 Å². The number of rotatable bonds is 8. The number of fused-ring (bicyclic) bond motifs is 2. The van der Waals surface area contributed by atoms with E-state index in [-0.39, 0.29) is 42.7 Å². The molecule has 0 aliphatic heterocycles. The second-order valence-corrected chi connectivity index (χ2v) is 16.8. The van der Waals surface area contributed by atoms with E-state index < -0.39 is 68.5 Å². The molecular formula is C40H50O8. The average molecular weight is 659 g/mol. The van der Waals surface area contributed by atoms with Gasteiger partial charge in [0.15, 0.2) is 11.6 Å². The molecule has 0 bridgehead atoms. The van der Waals surface area contributed by atoms with Crippen molar-refractivity contribution in [3.63, 3.8) is 0 Å². The van der Waals surface area contributed by atoms with E-state index in [1.165, 1.54) is 6.92 Å². The van der Waals surface area contributed by atoms with Gasteiger partial charge in [0.1, 0.15) is 23.4 Å². The summed E-state index contributed by atoms with van der Waals surface area (Å²) in [7, 11) is 0. The molecule has 5 aliphatic rings. The summed E-state index contributed by atoms with van der Waals surface area (Å²) >= 11 is 0. The van der Waals surface area contributed by atoms with Crippen LogP contribution >= 0.6 is 0 Å². The molecule has 6 rings (SSSR count). The molecule has 258 valence electrons. The van der Waals surface area contributed by atoms with E-state index in [0.29, 0.717) is 24.0 Å². The Hall–Kier alpha value is -3.20. The molecule has 0 aromatic heterocycles. The van der Waals surface area contributed by atoms with Crippen molar-refractivity contribution in [1.29, 1.82) is 0 Å². The maximum absolute atomic E-state index is 14.8. The minimum absolute atomic E-state index is 0.0184. The number of Topliss-reactive ketones (excluding diaryl/α,β-unsaturated/α-hetero) is 3. The summed E-state index contributed by atoms with van der Waals surface area (Å²) in [4.78, 5) is 52.7. The second kappa shape index (κ2) is 10.9. The van der Waals surface area contributed by atoms with E-state index in [1.807, 2.05) is 77.1 Å². The van der Waals surface area contributed by atoms with E-state index in [9.17, 15) is 39.6 Å². The molecule has 8 heteroatoms. The number of carbonyl (C=O) groups is 4. The first-order chi connectivity index (χ1) is 22.2. The van der Waals surface area contributed by atoms with Crippen molar-refractivity contribution in [1.82, 2.24) is 0 Å². The number of ketones is 3. The Bertz CT molecular complexity index is 1670. The highest BCUT2D eigenvalue weighted by Crippen LogP contribution is 2.78. The van der Waals surface area contributed by atoms with Crippen LogP contribution in [-0.4, -0.2) is 61.1 Å². The summed E-state index contributed by atoms with van der Waals surface area (Å²) < 4.78 is 0. The molecule has 0 spiro atoms. The number of aliphatic hydroxyl groups excluding tert-OH is 1. The van der Waals surface area contributed by atoms with Crippen LogP contribution in [0.4, 0.5) is 0 Å². The normalized spacial score (nSPS) is 41.5. The summed E-state index contributed by atoms with van der Waals surface area (Å²) in [6.07, 6.45) is 6.91. The highest BCUT2D eigenvalue weighted by Gasteiger charge is 2.78. The number of aliphatic carboxylic acids is 1. The monoisotopic (exact) mass is 658 g/mol. The quantitative estimate of drug-likeness (QED) is 0.216.